The minimum Gasteiger partial charge on any atom is -0.395 e. The summed E-state index contributed by atoms with van der Waals surface area (Å²) in [7, 11) is 0. The standard InChI is InChI=1S/C21H18N6O3/c1-14-18(13-22)20(29)27(11-12-28)21(30)19(14)26-25-17-9-7-16(8-10-17)24-23-15-5-3-2-4-6-15/h2-10,19,28H,11-12H2,1H3. The lowest BCUT2D eigenvalue weighted by molar-refractivity contribution is -0.144. The minimum atomic E-state index is -1.10. The molecule has 9 heteroatoms. The van der Waals surface area contributed by atoms with E-state index in [0.29, 0.717) is 11.4 Å². The molecule has 1 N–H and O–H groups in total. The van der Waals surface area contributed by atoms with E-state index >= 15 is 0 Å². The minimum absolute atomic E-state index is 0.163. The molecule has 0 spiro atoms. The van der Waals surface area contributed by atoms with Crippen molar-refractivity contribution >= 4 is 28.9 Å². The second-order valence-electron chi connectivity index (χ2n) is 6.36. The maximum atomic E-state index is 12.6. The molecule has 0 fully saturated rings. The number of aliphatic hydroxyl groups excluding tert-OH is 1. The van der Waals surface area contributed by atoms with Gasteiger partial charge in [-0.1, -0.05) is 18.2 Å². The van der Waals surface area contributed by atoms with Gasteiger partial charge in [-0.25, -0.2) is 0 Å². The van der Waals surface area contributed by atoms with Crippen molar-refractivity contribution in [2.24, 2.45) is 20.5 Å². The average Bonchev–Trinajstić information content (AvgIpc) is 2.77. The number of nitrogens with zero attached hydrogens (tertiary/aromatic N) is 6. The number of hydrogen-bond acceptors (Lipinski definition) is 8. The van der Waals surface area contributed by atoms with Crippen LogP contribution in [-0.4, -0.2) is 41.0 Å². The second kappa shape index (κ2) is 9.45. The summed E-state index contributed by atoms with van der Waals surface area (Å²) in [6.45, 7) is 0.892. The lowest BCUT2D eigenvalue weighted by atomic mass is 9.97. The van der Waals surface area contributed by atoms with Gasteiger partial charge in [-0.3, -0.25) is 14.5 Å². The summed E-state index contributed by atoms with van der Waals surface area (Å²) in [5.74, 6) is -1.35. The molecule has 3 rings (SSSR count). The molecule has 0 radical (unpaired) electrons. The van der Waals surface area contributed by atoms with Gasteiger partial charge in [0.15, 0.2) is 6.04 Å². The van der Waals surface area contributed by atoms with Gasteiger partial charge in [0.1, 0.15) is 11.6 Å². The number of amides is 2. The molecule has 9 nitrogen and oxygen atoms in total. The van der Waals surface area contributed by atoms with Crippen molar-refractivity contribution in [2.45, 2.75) is 13.0 Å². The van der Waals surface area contributed by atoms with Gasteiger partial charge in [-0.2, -0.15) is 25.7 Å². The topological polar surface area (TPSA) is 131 Å². The third kappa shape index (κ3) is 4.51. The Kier molecular flexibility index (Phi) is 6.52. The molecule has 2 aromatic carbocycles. The lowest BCUT2D eigenvalue weighted by Gasteiger charge is -2.28. The van der Waals surface area contributed by atoms with Gasteiger partial charge in [0.2, 0.25) is 0 Å². The third-order valence-electron chi connectivity index (χ3n) is 4.37. The summed E-state index contributed by atoms with van der Waals surface area (Å²) in [5.41, 5.74) is 1.89. The molecule has 0 aliphatic carbocycles. The predicted octanol–water partition coefficient (Wildman–Crippen LogP) is 3.76. The van der Waals surface area contributed by atoms with E-state index in [2.05, 4.69) is 20.5 Å². The molecule has 1 atom stereocenters. The van der Waals surface area contributed by atoms with Crippen molar-refractivity contribution in [3.05, 3.63) is 65.7 Å². The summed E-state index contributed by atoms with van der Waals surface area (Å²) < 4.78 is 0. The van der Waals surface area contributed by atoms with E-state index in [0.717, 1.165) is 10.6 Å². The SMILES string of the molecule is CC1=C(C#N)C(=O)N(CCO)C(=O)C1N=Nc1ccc(N=Nc2ccccc2)cc1. The summed E-state index contributed by atoms with van der Waals surface area (Å²) >= 11 is 0. The number of β-amino-alcohol motifs (C(OH)–C–C–N with tert-alkyl or cyclic N) is 1. The van der Waals surface area contributed by atoms with Crippen LogP contribution in [0, 0.1) is 11.3 Å². The van der Waals surface area contributed by atoms with Crippen molar-refractivity contribution in [3.63, 3.8) is 0 Å². The Morgan fingerprint density at radius 1 is 0.967 bits per heavy atom. The highest BCUT2D eigenvalue weighted by Gasteiger charge is 2.39. The number of imide groups is 1. The summed E-state index contributed by atoms with van der Waals surface area (Å²) in [5, 5.41) is 34.7. The lowest BCUT2D eigenvalue weighted by Crippen LogP contribution is -2.49. The molecule has 0 saturated carbocycles. The largest absolute Gasteiger partial charge is 0.395 e. The number of azo groups is 2. The quantitative estimate of drug-likeness (QED) is 0.582. The van der Waals surface area contributed by atoms with Crippen molar-refractivity contribution in [1.29, 1.82) is 5.26 Å². The molecule has 2 amide bonds. The number of hydrogen-bond donors (Lipinski definition) is 1. The van der Waals surface area contributed by atoms with Crippen LogP contribution >= 0.6 is 0 Å². The van der Waals surface area contributed by atoms with Gasteiger partial charge in [-0.05, 0) is 48.9 Å². The van der Waals surface area contributed by atoms with Gasteiger partial charge in [0.05, 0.1) is 30.2 Å². The molecule has 30 heavy (non-hydrogen) atoms. The number of nitriles is 1. The van der Waals surface area contributed by atoms with Gasteiger partial charge < -0.3 is 5.11 Å². The van der Waals surface area contributed by atoms with Gasteiger partial charge in [0.25, 0.3) is 11.8 Å². The molecular weight excluding hydrogens is 384 g/mol. The first-order chi connectivity index (χ1) is 14.5. The highest BCUT2D eigenvalue weighted by Crippen LogP contribution is 2.26. The Bertz CT molecular complexity index is 1070. The van der Waals surface area contributed by atoms with E-state index in [4.69, 9.17) is 5.11 Å². The Balaban J connectivity index is 1.78. The van der Waals surface area contributed by atoms with E-state index < -0.39 is 24.5 Å². The zero-order valence-electron chi connectivity index (χ0n) is 16.1. The Morgan fingerprint density at radius 3 is 2.10 bits per heavy atom. The smallest absolute Gasteiger partial charge is 0.271 e. The van der Waals surface area contributed by atoms with Crippen LogP contribution in [-0.2, 0) is 9.59 Å². The normalized spacial score (nSPS) is 17.2. The Labute approximate surface area is 172 Å². The first-order valence-corrected chi connectivity index (χ1v) is 9.10. The van der Waals surface area contributed by atoms with Crippen molar-refractivity contribution in [1.82, 2.24) is 4.90 Å². The third-order valence-corrected chi connectivity index (χ3v) is 4.37. The maximum Gasteiger partial charge on any atom is 0.271 e. The average molecular weight is 402 g/mol. The first kappa shape index (κ1) is 20.7. The van der Waals surface area contributed by atoms with Crippen LogP contribution in [0.5, 0.6) is 0 Å². The van der Waals surface area contributed by atoms with E-state index in [1.807, 2.05) is 30.3 Å². The van der Waals surface area contributed by atoms with E-state index in [-0.39, 0.29) is 17.7 Å². The van der Waals surface area contributed by atoms with Crippen molar-refractivity contribution < 1.29 is 14.7 Å². The van der Waals surface area contributed by atoms with Crippen LogP contribution in [0.2, 0.25) is 0 Å². The monoisotopic (exact) mass is 402 g/mol. The van der Waals surface area contributed by atoms with Gasteiger partial charge in [0, 0.05) is 0 Å². The van der Waals surface area contributed by atoms with Crippen LogP contribution in [0.1, 0.15) is 6.92 Å². The zero-order valence-corrected chi connectivity index (χ0v) is 16.1. The fraction of sp³-hybridized carbons (Fsp3) is 0.190. The fourth-order valence-corrected chi connectivity index (χ4v) is 2.78. The highest BCUT2D eigenvalue weighted by atomic mass is 16.3. The summed E-state index contributed by atoms with van der Waals surface area (Å²) in [6.07, 6.45) is 0. The molecule has 1 aliphatic heterocycles. The molecule has 150 valence electrons. The number of rotatable bonds is 6. The first-order valence-electron chi connectivity index (χ1n) is 9.10. The predicted molar refractivity (Wildman–Crippen MR) is 107 cm³/mol. The van der Waals surface area contributed by atoms with Crippen molar-refractivity contribution in [3.8, 4) is 6.07 Å². The van der Waals surface area contributed by atoms with Gasteiger partial charge in [-0.15, -0.1) is 0 Å². The molecule has 1 unspecified atom stereocenters. The van der Waals surface area contributed by atoms with Crippen LogP contribution in [0.25, 0.3) is 0 Å². The van der Waals surface area contributed by atoms with Crippen LogP contribution < -0.4 is 0 Å². The molecular formula is C21H18N6O3. The number of carbonyl (C=O) groups excluding carboxylic acids is 2. The van der Waals surface area contributed by atoms with Crippen molar-refractivity contribution in [2.75, 3.05) is 13.2 Å². The van der Waals surface area contributed by atoms with E-state index in [9.17, 15) is 14.9 Å². The Hall–Kier alpha value is -4.03. The summed E-state index contributed by atoms with van der Waals surface area (Å²) in [6, 6.07) is 16.7. The molecule has 1 aliphatic rings. The number of aliphatic hydroxyl groups is 1. The highest BCUT2D eigenvalue weighted by molar-refractivity contribution is 6.12. The fourth-order valence-electron chi connectivity index (χ4n) is 2.78. The number of benzene rings is 2. The molecule has 1 heterocycles. The van der Waals surface area contributed by atoms with Crippen LogP contribution in [0.15, 0.2) is 86.2 Å². The zero-order chi connectivity index (χ0) is 21.5. The second-order valence-corrected chi connectivity index (χ2v) is 6.36. The summed E-state index contributed by atoms with van der Waals surface area (Å²) in [4.78, 5) is 25.6. The van der Waals surface area contributed by atoms with Crippen LogP contribution in [0.3, 0.4) is 0 Å². The number of carbonyl (C=O) groups is 2. The molecule has 2 aromatic rings. The Morgan fingerprint density at radius 2 is 1.53 bits per heavy atom. The van der Waals surface area contributed by atoms with Gasteiger partial charge >= 0.3 is 0 Å². The molecule has 0 aromatic heterocycles. The van der Waals surface area contributed by atoms with Crippen LogP contribution in [0.4, 0.5) is 17.1 Å². The van der Waals surface area contributed by atoms with E-state index in [1.54, 1.807) is 30.3 Å². The maximum absolute atomic E-state index is 12.6. The van der Waals surface area contributed by atoms with E-state index in [1.165, 1.54) is 6.92 Å². The molecule has 0 bridgehead atoms. The molecule has 0 saturated heterocycles.